The van der Waals surface area contributed by atoms with Gasteiger partial charge in [-0.1, -0.05) is 29.4 Å². The Hall–Kier alpha value is -1.95. The van der Waals surface area contributed by atoms with Crippen molar-refractivity contribution in [2.45, 2.75) is 12.1 Å². The Morgan fingerprint density at radius 1 is 1.45 bits per heavy atom. The maximum Gasteiger partial charge on any atom is 0.123 e. The molecule has 0 saturated carbocycles. The molecule has 0 fully saturated rings. The van der Waals surface area contributed by atoms with Gasteiger partial charge in [0.1, 0.15) is 11.7 Å². The molecule has 1 heterocycles. The highest BCUT2D eigenvalue weighted by molar-refractivity contribution is 7.13. The lowest BCUT2D eigenvalue weighted by Crippen LogP contribution is -2.20. The fourth-order valence-corrected chi connectivity index (χ4v) is 2.58. The summed E-state index contributed by atoms with van der Waals surface area (Å²) in [7, 11) is 1.47. The second-order valence-electron chi connectivity index (χ2n) is 4.04. The van der Waals surface area contributed by atoms with E-state index in [2.05, 4.69) is 15.0 Å². The Kier molecular flexibility index (Phi) is 5.06. The SMILES string of the molecule is CO[C@H](c1ccc(-c2nccs2)cc1)[C@@H](CF)N=[N+]=[N-]. The van der Waals surface area contributed by atoms with Crippen molar-refractivity contribution in [3.05, 3.63) is 51.8 Å². The van der Waals surface area contributed by atoms with E-state index >= 15 is 0 Å². The first-order valence-corrected chi connectivity index (χ1v) is 6.81. The maximum atomic E-state index is 12.9. The van der Waals surface area contributed by atoms with Gasteiger partial charge in [0, 0.05) is 29.2 Å². The molecular weight excluding hydrogens is 279 g/mol. The minimum Gasteiger partial charge on any atom is -0.376 e. The van der Waals surface area contributed by atoms with Crippen LogP contribution in [0.15, 0.2) is 41.0 Å². The zero-order valence-electron chi connectivity index (χ0n) is 10.8. The predicted molar refractivity (Wildman–Crippen MR) is 76.2 cm³/mol. The van der Waals surface area contributed by atoms with Gasteiger partial charge in [-0.15, -0.1) is 11.3 Å². The Balaban J connectivity index is 2.25. The summed E-state index contributed by atoms with van der Waals surface area (Å²) in [6.07, 6.45) is 1.15. The smallest absolute Gasteiger partial charge is 0.123 e. The molecule has 1 aromatic heterocycles. The second kappa shape index (κ2) is 7.00. The van der Waals surface area contributed by atoms with Crippen molar-refractivity contribution >= 4 is 11.3 Å². The van der Waals surface area contributed by atoms with E-state index in [0.717, 1.165) is 16.1 Å². The molecule has 0 bridgehead atoms. The van der Waals surface area contributed by atoms with Crippen LogP contribution in [0, 0.1) is 0 Å². The molecule has 5 nitrogen and oxygen atoms in total. The van der Waals surface area contributed by atoms with Crippen molar-refractivity contribution in [1.29, 1.82) is 0 Å². The quantitative estimate of drug-likeness (QED) is 0.456. The van der Waals surface area contributed by atoms with Crippen LogP contribution in [0.4, 0.5) is 4.39 Å². The Bertz CT molecular complexity index is 581. The number of azide groups is 1. The van der Waals surface area contributed by atoms with E-state index in [4.69, 9.17) is 10.3 Å². The van der Waals surface area contributed by atoms with E-state index in [-0.39, 0.29) is 0 Å². The highest BCUT2D eigenvalue weighted by Gasteiger charge is 2.22. The average molecular weight is 292 g/mol. The van der Waals surface area contributed by atoms with Gasteiger partial charge in [0.25, 0.3) is 0 Å². The van der Waals surface area contributed by atoms with Crippen LogP contribution in [0.1, 0.15) is 11.7 Å². The molecule has 2 aromatic rings. The number of hydrogen-bond acceptors (Lipinski definition) is 4. The average Bonchev–Trinajstić information content (AvgIpc) is 3.02. The monoisotopic (exact) mass is 292 g/mol. The summed E-state index contributed by atoms with van der Waals surface area (Å²) in [5.41, 5.74) is 10.2. The number of benzene rings is 1. The molecule has 104 valence electrons. The van der Waals surface area contributed by atoms with Gasteiger partial charge in [0.15, 0.2) is 0 Å². The third-order valence-corrected chi connectivity index (χ3v) is 3.70. The highest BCUT2D eigenvalue weighted by atomic mass is 32.1. The molecule has 0 N–H and O–H groups in total. The lowest BCUT2D eigenvalue weighted by molar-refractivity contribution is 0.0722. The van der Waals surface area contributed by atoms with Gasteiger partial charge in [0.05, 0.1) is 12.1 Å². The largest absolute Gasteiger partial charge is 0.376 e. The first-order valence-electron chi connectivity index (χ1n) is 5.93. The van der Waals surface area contributed by atoms with E-state index in [1.807, 2.05) is 29.6 Å². The lowest BCUT2D eigenvalue weighted by atomic mass is 10.0. The number of rotatable bonds is 6. The van der Waals surface area contributed by atoms with E-state index in [1.165, 1.54) is 7.11 Å². The molecule has 1 aromatic carbocycles. The zero-order chi connectivity index (χ0) is 14.4. The normalized spacial score (nSPS) is 13.5. The number of nitrogens with zero attached hydrogens (tertiary/aromatic N) is 4. The molecule has 2 rings (SSSR count). The fourth-order valence-electron chi connectivity index (χ4n) is 1.94. The van der Waals surface area contributed by atoms with Crippen LogP contribution >= 0.6 is 11.3 Å². The predicted octanol–water partition coefficient (Wildman–Crippen LogP) is 4.15. The molecule has 0 aliphatic heterocycles. The van der Waals surface area contributed by atoms with Gasteiger partial charge in [-0.2, -0.15) is 0 Å². The summed E-state index contributed by atoms with van der Waals surface area (Å²) in [6.45, 7) is -0.767. The minimum absolute atomic E-state index is 0.596. The third kappa shape index (κ3) is 3.14. The Labute approximate surface area is 119 Å². The van der Waals surface area contributed by atoms with Crippen molar-refractivity contribution in [1.82, 2.24) is 4.98 Å². The zero-order valence-corrected chi connectivity index (χ0v) is 11.6. The van der Waals surface area contributed by atoms with Crippen molar-refractivity contribution in [3.63, 3.8) is 0 Å². The minimum atomic E-state index is -0.865. The van der Waals surface area contributed by atoms with Crippen LogP contribution in [0.3, 0.4) is 0 Å². The number of methoxy groups -OCH3 is 1. The third-order valence-electron chi connectivity index (χ3n) is 2.88. The van der Waals surface area contributed by atoms with Crippen LogP contribution in [-0.2, 0) is 4.74 Å². The molecule has 0 aliphatic rings. The van der Waals surface area contributed by atoms with E-state index in [0.29, 0.717) is 0 Å². The number of hydrogen-bond donors (Lipinski definition) is 0. The van der Waals surface area contributed by atoms with E-state index < -0.39 is 18.8 Å². The van der Waals surface area contributed by atoms with Crippen LogP contribution < -0.4 is 0 Å². The van der Waals surface area contributed by atoms with Crippen molar-refractivity contribution in [2.24, 2.45) is 5.11 Å². The summed E-state index contributed by atoms with van der Waals surface area (Å²) in [5, 5.41) is 6.26. The van der Waals surface area contributed by atoms with Gasteiger partial charge in [0.2, 0.25) is 0 Å². The summed E-state index contributed by atoms with van der Waals surface area (Å²) < 4.78 is 18.2. The molecule has 0 radical (unpaired) electrons. The van der Waals surface area contributed by atoms with Crippen LogP contribution in [0.5, 0.6) is 0 Å². The molecule has 0 spiro atoms. The summed E-state index contributed by atoms with van der Waals surface area (Å²) in [4.78, 5) is 6.88. The van der Waals surface area contributed by atoms with Gasteiger partial charge in [-0.05, 0) is 11.1 Å². The fraction of sp³-hybridized carbons (Fsp3) is 0.308. The molecule has 0 unspecified atom stereocenters. The van der Waals surface area contributed by atoms with E-state index in [1.54, 1.807) is 17.5 Å². The molecule has 0 amide bonds. The van der Waals surface area contributed by atoms with Crippen LogP contribution in [0.25, 0.3) is 21.0 Å². The molecule has 2 atom stereocenters. The second-order valence-corrected chi connectivity index (χ2v) is 4.94. The number of aromatic nitrogens is 1. The number of ether oxygens (including phenoxy) is 1. The Morgan fingerprint density at radius 3 is 2.70 bits per heavy atom. The topological polar surface area (TPSA) is 70.9 Å². The van der Waals surface area contributed by atoms with Crippen LogP contribution in [0.2, 0.25) is 0 Å². The molecule has 7 heteroatoms. The molecule has 0 saturated heterocycles. The van der Waals surface area contributed by atoms with Gasteiger partial charge < -0.3 is 4.74 Å². The van der Waals surface area contributed by atoms with Crippen molar-refractivity contribution in [3.8, 4) is 10.6 Å². The van der Waals surface area contributed by atoms with Gasteiger partial charge in [-0.25, -0.2) is 4.98 Å². The van der Waals surface area contributed by atoms with E-state index in [9.17, 15) is 4.39 Å². The van der Waals surface area contributed by atoms with Crippen molar-refractivity contribution in [2.75, 3.05) is 13.8 Å². The number of alkyl halides is 1. The molecular formula is C13H13FN4OS. The molecule has 0 aliphatic carbocycles. The van der Waals surface area contributed by atoms with Crippen molar-refractivity contribution < 1.29 is 9.13 Å². The summed E-state index contributed by atoms with van der Waals surface area (Å²) >= 11 is 1.55. The lowest BCUT2D eigenvalue weighted by Gasteiger charge is -2.20. The first-order chi connectivity index (χ1) is 9.80. The number of thiazole rings is 1. The molecule has 20 heavy (non-hydrogen) atoms. The highest BCUT2D eigenvalue weighted by Crippen LogP contribution is 2.27. The summed E-state index contributed by atoms with van der Waals surface area (Å²) in [6, 6.07) is 6.59. The van der Waals surface area contributed by atoms with Crippen LogP contribution in [-0.4, -0.2) is 24.8 Å². The maximum absolute atomic E-state index is 12.9. The van der Waals surface area contributed by atoms with Gasteiger partial charge in [-0.3, -0.25) is 4.39 Å². The first kappa shape index (κ1) is 14.5. The number of halogens is 1. The Morgan fingerprint density at radius 2 is 2.20 bits per heavy atom. The standard InChI is InChI=1S/C13H13FN4OS/c1-19-12(11(8-14)17-18-15)9-2-4-10(5-3-9)13-16-6-7-20-13/h2-7,11-12H,8H2,1H3/t11-,12-/m1/s1. The summed E-state index contributed by atoms with van der Waals surface area (Å²) in [5.74, 6) is 0. The van der Waals surface area contributed by atoms with Gasteiger partial charge >= 0.3 is 0 Å².